The fraction of sp³-hybridized carbons (Fsp3) is 0.724. The second kappa shape index (κ2) is 40.3. The van der Waals surface area contributed by atoms with Gasteiger partial charge in [0.15, 0.2) is 0 Å². The SMILES string of the molecule is CCCCCCCCCCCCCCCCCCOC(=O)C(c1ccccc1)C(O)[C@H](O)C(=O)C(=O)[C@H](O)C(O)C(C(=O)OCCCCCCCCCCCCCCCCCC)c1ccccc1. The zero-order valence-electron chi connectivity index (χ0n) is 42.5. The summed E-state index contributed by atoms with van der Waals surface area (Å²) in [6.07, 6.45) is 29.4. The summed E-state index contributed by atoms with van der Waals surface area (Å²) in [6.45, 7) is 4.66. The fourth-order valence-electron chi connectivity index (χ4n) is 9.06. The van der Waals surface area contributed by atoms with Crippen LogP contribution in [-0.2, 0) is 28.7 Å². The smallest absolute Gasteiger partial charge is 0.316 e. The van der Waals surface area contributed by atoms with Gasteiger partial charge in [0.25, 0.3) is 0 Å². The van der Waals surface area contributed by atoms with Crippen LogP contribution >= 0.6 is 0 Å². The Morgan fingerprint density at radius 1 is 0.353 bits per heavy atom. The Balaban J connectivity index is 1.80. The Morgan fingerprint density at radius 3 is 0.809 bits per heavy atom. The van der Waals surface area contributed by atoms with E-state index in [9.17, 15) is 39.6 Å². The van der Waals surface area contributed by atoms with Crippen LogP contribution in [0.1, 0.15) is 242 Å². The molecule has 0 aliphatic heterocycles. The molecule has 386 valence electrons. The molecule has 10 nitrogen and oxygen atoms in total. The highest BCUT2D eigenvalue weighted by Crippen LogP contribution is 2.28. The number of carbonyl (C=O) groups excluding carboxylic acids is 4. The van der Waals surface area contributed by atoms with Crippen molar-refractivity contribution >= 4 is 23.5 Å². The van der Waals surface area contributed by atoms with Gasteiger partial charge in [-0.3, -0.25) is 19.2 Å². The quantitative estimate of drug-likeness (QED) is 0.0285. The summed E-state index contributed by atoms with van der Waals surface area (Å²) in [6, 6.07) is 16.1. The van der Waals surface area contributed by atoms with Crippen molar-refractivity contribution in [3.05, 3.63) is 71.8 Å². The molecule has 0 bridgehead atoms. The number of aliphatic hydroxyl groups excluding tert-OH is 4. The molecular formula is C58H94O10. The first kappa shape index (κ1) is 60.7. The minimum atomic E-state index is -2.45. The van der Waals surface area contributed by atoms with Crippen molar-refractivity contribution in [2.45, 2.75) is 256 Å². The number of Topliss-reactive ketones (excluding diaryl/α,β-unsaturated/α-hetero) is 2. The topological polar surface area (TPSA) is 168 Å². The number of unbranched alkanes of at least 4 members (excludes halogenated alkanes) is 30. The fourth-order valence-corrected chi connectivity index (χ4v) is 9.06. The lowest BCUT2D eigenvalue weighted by molar-refractivity contribution is -0.161. The lowest BCUT2D eigenvalue weighted by Gasteiger charge is -2.27. The average Bonchev–Trinajstić information content (AvgIpc) is 3.35. The number of carbonyl (C=O) groups is 4. The van der Waals surface area contributed by atoms with Gasteiger partial charge in [-0.2, -0.15) is 0 Å². The van der Waals surface area contributed by atoms with Crippen molar-refractivity contribution in [3.63, 3.8) is 0 Å². The normalized spacial score (nSPS) is 14.1. The van der Waals surface area contributed by atoms with E-state index in [1.807, 2.05) is 0 Å². The summed E-state index contributed by atoms with van der Waals surface area (Å²) in [7, 11) is 0. The van der Waals surface area contributed by atoms with Crippen LogP contribution in [0, 0.1) is 0 Å². The first-order valence-corrected chi connectivity index (χ1v) is 27.4. The van der Waals surface area contributed by atoms with Crippen LogP contribution in [0.3, 0.4) is 0 Å². The summed E-state index contributed by atoms with van der Waals surface area (Å²) < 4.78 is 11.1. The first-order valence-electron chi connectivity index (χ1n) is 27.4. The molecule has 0 aromatic heterocycles. The number of rotatable bonds is 45. The second-order valence-corrected chi connectivity index (χ2v) is 19.3. The molecule has 6 atom stereocenters. The standard InChI is InChI=1S/C58H94O10/c1-3-5-7-9-11-13-15-17-19-21-23-25-27-29-31-39-45-67-57(65)49(47-41-35-33-36-42-47)51(59)53(61)55(63)56(64)54(62)52(60)50(48-43-37-34-38-44-48)58(66)68-46-40-32-30-28-26-24-22-20-18-16-14-12-10-8-6-4-2/h33-38,41-44,49-54,59-62H,3-32,39-40,45-46H2,1-2H3/t49?,50?,51?,52?,53-,54+. The predicted octanol–water partition coefficient (Wildman–Crippen LogP) is 12.7. The van der Waals surface area contributed by atoms with Crippen molar-refractivity contribution in [2.24, 2.45) is 0 Å². The highest BCUT2D eigenvalue weighted by molar-refractivity contribution is 6.40. The average molecular weight is 951 g/mol. The van der Waals surface area contributed by atoms with Crippen LogP contribution in [0.15, 0.2) is 60.7 Å². The molecule has 2 aromatic rings. The minimum absolute atomic E-state index is 0.0810. The third-order valence-corrected chi connectivity index (χ3v) is 13.4. The molecule has 0 aliphatic carbocycles. The van der Waals surface area contributed by atoms with Gasteiger partial charge in [-0.15, -0.1) is 0 Å². The molecule has 68 heavy (non-hydrogen) atoms. The van der Waals surface area contributed by atoms with Crippen LogP contribution in [0.5, 0.6) is 0 Å². The maximum atomic E-state index is 13.4. The monoisotopic (exact) mass is 951 g/mol. The Hall–Kier alpha value is -3.44. The Bertz CT molecular complexity index is 1430. The van der Waals surface area contributed by atoms with E-state index in [4.69, 9.17) is 9.47 Å². The van der Waals surface area contributed by atoms with Crippen LogP contribution in [0.2, 0.25) is 0 Å². The van der Waals surface area contributed by atoms with Crippen molar-refractivity contribution in [1.82, 2.24) is 0 Å². The number of aliphatic hydroxyl groups is 4. The molecule has 4 unspecified atom stereocenters. The summed E-state index contributed by atoms with van der Waals surface area (Å²) in [5.41, 5.74) is 0.515. The van der Waals surface area contributed by atoms with Gasteiger partial charge in [-0.25, -0.2) is 0 Å². The molecule has 0 fully saturated rings. The van der Waals surface area contributed by atoms with Gasteiger partial charge < -0.3 is 29.9 Å². The highest BCUT2D eigenvalue weighted by Gasteiger charge is 2.45. The molecule has 10 heteroatoms. The van der Waals surface area contributed by atoms with E-state index in [0.29, 0.717) is 12.8 Å². The van der Waals surface area contributed by atoms with Crippen LogP contribution in [0.25, 0.3) is 0 Å². The van der Waals surface area contributed by atoms with Crippen molar-refractivity contribution in [1.29, 1.82) is 0 Å². The largest absolute Gasteiger partial charge is 0.465 e. The lowest BCUT2D eigenvalue weighted by Crippen LogP contribution is -2.50. The Kier molecular flexibility index (Phi) is 36.0. The van der Waals surface area contributed by atoms with Crippen molar-refractivity contribution in [2.75, 3.05) is 13.2 Å². The van der Waals surface area contributed by atoms with E-state index in [2.05, 4.69) is 13.8 Å². The third-order valence-electron chi connectivity index (χ3n) is 13.4. The number of benzene rings is 2. The van der Waals surface area contributed by atoms with E-state index in [1.165, 1.54) is 178 Å². The van der Waals surface area contributed by atoms with Gasteiger partial charge in [-0.05, 0) is 24.0 Å². The summed E-state index contributed by atoms with van der Waals surface area (Å²) >= 11 is 0. The molecule has 2 aromatic carbocycles. The van der Waals surface area contributed by atoms with Crippen LogP contribution in [0.4, 0.5) is 0 Å². The zero-order chi connectivity index (χ0) is 49.5. The Morgan fingerprint density at radius 2 is 0.574 bits per heavy atom. The molecule has 2 rings (SSSR count). The van der Waals surface area contributed by atoms with E-state index >= 15 is 0 Å². The third kappa shape index (κ3) is 26.5. The maximum absolute atomic E-state index is 13.4. The van der Waals surface area contributed by atoms with Gasteiger partial charge in [-0.1, -0.05) is 267 Å². The molecule has 0 spiro atoms. The number of ether oxygens (including phenoxy) is 2. The van der Waals surface area contributed by atoms with E-state index < -0.39 is 59.8 Å². The summed E-state index contributed by atoms with van der Waals surface area (Å²) in [5.74, 6) is -8.04. The zero-order valence-corrected chi connectivity index (χ0v) is 42.5. The molecule has 4 N–H and O–H groups in total. The minimum Gasteiger partial charge on any atom is -0.465 e. The van der Waals surface area contributed by atoms with Gasteiger partial charge in [0.1, 0.15) is 36.3 Å². The predicted molar refractivity (Wildman–Crippen MR) is 273 cm³/mol. The van der Waals surface area contributed by atoms with Gasteiger partial charge >= 0.3 is 11.9 Å². The molecule has 0 heterocycles. The molecule has 0 saturated carbocycles. The van der Waals surface area contributed by atoms with Gasteiger partial charge in [0.05, 0.1) is 13.2 Å². The summed E-state index contributed by atoms with van der Waals surface area (Å²) in [4.78, 5) is 53.7. The first-order chi connectivity index (χ1) is 33.1. The van der Waals surface area contributed by atoms with Crippen LogP contribution in [-0.4, -0.2) is 81.6 Å². The number of ketones is 2. The van der Waals surface area contributed by atoms with Crippen LogP contribution < -0.4 is 0 Å². The highest BCUT2D eigenvalue weighted by atomic mass is 16.5. The second-order valence-electron chi connectivity index (χ2n) is 19.3. The number of hydrogen-bond acceptors (Lipinski definition) is 10. The maximum Gasteiger partial charge on any atom is 0.316 e. The van der Waals surface area contributed by atoms with Crippen molar-refractivity contribution in [3.8, 4) is 0 Å². The lowest BCUT2D eigenvalue weighted by atomic mass is 9.85. The van der Waals surface area contributed by atoms with Crippen molar-refractivity contribution < 1.29 is 49.1 Å². The Labute approximate surface area is 411 Å². The molecule has 0 amide bonds. The van der Waals surface area contributed by atoms with E-state index in [0.717, 1.165) is 38.5 Å². The summed E-state index contributed by atoms with van der Waals surface area (Å²) in [5, 5.41) is 44.7. The molecule has 0 aliphatic rings. The number of esters is 2. The van der Waals surface area contributed by atoms with Gasteiger partial charge in [0.2, 0.25) is 11.6 Å². The molecule has 0 saturated heterocycles. The molecule has 0 radical (unpaired) electrons. The number of hydrogen-bond donors (Lipinski definition) is 4. The van der Waals surface area contributed by atoms with Gasteiger partial charge in [0, 0.05) is 0 Å². The molecular weight excluding hydrogens is 857 g/mol. The van der Waals surface area contributed by atoms with E-state index in [1.54, 1.807) is 36.4 Å². The van der Waals surface area contributed by atoms with E-state index in [-0.39, 0.29) is 24.3 Å².